The molecular weight excluding hydrogens is 319 g/mol. The van der Waals surface area contributed by atoms with Crippen molar-refractivity contribution in [3.8, 4) is 0 Å². The molecule has 0 aliphatic rings. The van der Waals surface area contributed by atoms with Crippen molar-refractivity contribution in [3.05, 3.63) is 47.0 Å². The van der Waals surface area contributed by atoms with Crippen molar-refractivity contribution in [2.45, 2.75) is 39.3 Å². The van der Waals surface area contributed by atoms with Crippen LogP contribution in [-0.4, -0.2) is 29.7 Å². The molecule has 1 aromatic carbocycles. The van der Waals surface area contributed by atoms with Crippen molar-refractivity contribution in [3.63, 3.8) is 0 Å². The van der Waals surface area contributed by atoms with E-state index in [2.05, 4.69) is 15.0 Å². The largest absolute Gasteiger partial charge is 0.245 e. The minimum atomic E-state index is -3.37. The van der Waals surface area contributed by atoms with Crippen LogP contribution >= 0.6 is 0 Å². The smallest absolute Gasteiger partial charge is 0.209 e. The van der Waals surface area contributed by atoms with E-state index in [0.717, 1.165) is 17.4 Å². The van der Waals surface area contributed by atoms with Gasteiger partial charge in [-0.15, -0.1) is 5.10 Å². The van der Waals surface area contributed by atoms with Gasteiger partial charge in [-0.2, -0.15) is 0 Å². The minimum Gasteiger partial charge on any atom is -0.245 e. The van der Waals surface area contributed by atoms with Crippen LogP contribution in [0.5, 0.6) is 0 Å². The van der Waals surface area contributed by atoms with Crippen LogP contribution in [0.25, 0.3) is 0 Å². The summed E-state index contributed by atoms with van der Waals surface area (Å²) >= 11 is 0. The molecule has 0 fully saturated rings. The topological polar surface area (TPSA) is 76.9 Å². The fourth-order valence-corrected chi connectivity index (χ4v) is 3.55. The molecule has 23 heavy (non-hydrogen) atoms. The molecule has 126 valence electrons. The highest BCUT2D eigenvalue weighted by atomic mass is 32.2. The Bertz CT molecular complexity index is 815. The van der Waals surface area contributed by atoms with Crippen molar-refractivity contribution in [2.75, 3.05) is 6.26 Å². The fraction of sp³-hybridized carbons (Fsp3) is 0.467. The van der Waals surface area contributed by atoms with Crippen LogP contribution < -0.4 is 4.72 Å². The molecule has 2 aromatic rings. The zero-order valence-corrected chi connectivity index (χ0v) is 14.6. The van der Waals surface area contributed by atoms with Gasteiger partial charge in [0.25, 0.3) is 0 Å². The Balaban J connectivity index is 2.31. The molecule has 1 aromatic heterocycles. The number of aromatic nitrogens is 3. The lowest BCUT2D eigenvalue weighted by Gasteiger charge is -2.22. The highest BCUT2D eigenvalue weighted by Gasteiger charge is 2.28. The van der Waals surface area contributed by atoms with Crippen molar-refractivity contribution < 1.29 is 12.8 Å². The maximum atomic E-state index is 13.2. The van der Waals surface area contributed by atoms with Crippen molar-refractivity contribution in [1.82, 2.24) is 19.7 Å². The molecule has 0 radical (unpaired) electrons. The number of nitrogens with one attached hydrogen (secondary N) is 1. The maximum absolute atomic E-state index is 13.2. The van der Waals surface area contributed by atoms with Gasteiger partial charge in [0, 0.05) is 0 Å². The fourth-order valence-electron chi connectivity index (χ4n) is 2.52. The first kappa shape index (κ1) is 17.6. The van der Waals surface area contributed by atoms with Gasteiger partial charge in [-0.25, -0.2) is 22.2 Å². The molecule has 2 rings (SSSR count). The summed E-state index contributed by atoms with van der Waals surface area (Å²) in [5, 5.41) is 8.17. The Morgan fingerprint density at radius 3 is 2.57 bits per heavy atom. The predicted molar refractivity (Wildman–Crippen MR) is 86.0 cm³/mol. The number of rotatable bonds is 5. The lowest BCUT2D eigenvalue weighted by atomic mass is 10.0. The van der Waals surface area contributed by atoms with E-state index >= 15 is 0 Å². The Labute approximate surface area is 135 Å². The highest BCUT2D eigenvalue weighted by Crippen LogP contribution is 2.24. The Morgan fingerprint density at radius 2 is 2.00 bits per heavy atom. The first-order valence-corrected chi connectivity index (χ1v) is 9.06. The SMILES string of the molecule is Cc1cc(F)ccc1[C@H](C)n1cc(C(C)(C)NS(C)(=O)=O)nn1. The average molecular weight is 340 g/mol. The molecule has 0 amide bonds. The monoisotopic (exact) mass is 340 g/mol. The molecule has 0 aliphatic carbocycles. The second-order valence-corrected chi connectivity index (χ2v) is 8.01. The molecule has 1 atom stereocenters. The second kappa shape index (κ2) is 6.01. The number of halogens is 1. The summed E-state index contributed by atoms with van der Waals surface area (Å²) in [6.45, 7) is 7.20. The third-order valence-electron chi connectivity index (χ3n) is 3.67. The van der Waals surface area contributed by atoms with Crippen molar-refractivity contribution in [1.29, 1.82) is 0 Å². The number of hydrogen-bond acceptors (Lipinski definition) is 4. The zero-order valence-electron chi connectivity index (χ0n) is 13.8. The summed E-state index contributed by atoms with van der Waals surface area (Å²) in [6, 6.07) is 4.45. The van der Waals surface area contributed by atoms with Crippen LogP contribution in [0.2, 0.25) is 0 Å². The Hall–Kier alpha value is -1.80. The van der Waals surface area contributed by atoms with Crippen LogP contribution in [-0.2, 0) is 15.6 Å². The first-order chi connectivity index (χ1) is 10.5. The molecule has 0 unspecified atom stereocenters. The zero-order chi connectivity index (χ0) is 17.4. The average Bonchev–Trinajstić information content (AvgIpc) is 2.85. The van der Waals surface area contributed by atoms with Crippen LogP contribution in [0.15, 0.2) is 24.4 Å². The van der Waals surface area contributed by atoms with Crippen LogP contribution in [0.1, 0.15) is 43.6 Å². The van der Waals surface area contributed by atoms with Gasteiger partial charge in [0.15, 0.2) is 0 Å². The number of aryl methyl sites for hydroxylation is 1. The van der Waals surface area contributed by atoms with E-state index in [0.29, 0.717) is 5.69 Å². The standard InChI is InChI=1S/C15H21FN4O2S/c1-10-8-12(16)6-7-13(10)11(2)20-9-14(17-19-20)15(3,4)18-23(5,21)22/h6-9,11,18H,1-5H3/t11-/m0/s1. The Morgan fingerprint density at radius 1 is 1.35 bits per heavy atom. The number of hydrogen-bond donors (Lipinski definition) is 1. The van der Waals surface area contributed by atoms with E-state index in [-0.39, 0.29) is 11.9 Å². The summed E-state index contributed by atoms with van der Waals surface area (Å²) in [5.74, 6) is -0.281. The van der Waals surface area contributed by atoms with E-state index in [1.165, 1.54) is 12.1 Å². The Kier molecular flexibility index (Phi) is 4.59. The summed E-state index contributed by atoms with van der Waals surface area (Å²) in [5.41, 5.74) is 1.39. The van der Waals surface area contributed by atoms with E-state index in [1.54, 1.807) is 30.8 Å². The van der Waals surface area contributed by atoms with E-state index < -0.39 is 15.6 Å². The van der Waals surface area contributed by atoms with Gasteiger partial charge in [-0.3, -0.25) is 0 Å². The maximum Gasteiger partial charge on any atom is 0.209 e. The number of benzene rings is 1. The summed E-state index contributed by atoms with van der Waals surface area (Å²) in [6.07, 6.45) is 2.80. The van der Waals surface area contributed by atoms with Gasteiger partial charge >= 0.3 is 0 Å². The molecule has 0 saturated carbocycles. The third kappa shape index (κ3) is 4.14. The van der Waals surface area contributed by atoms with Gasteiger partial charge < -0.3 is 0 Å². The molecule has 0 bridgehead atoms. The van der Waals surface area contributed by atoms with Gasteiger partial charge in [-0.1, -0.05) is 11.3 Å². The predicted octanol–water partition coefficient (Wildman–Crippen LogP) is 2.12. The summed E-state index contributed by atoms with van der Waals surface area (Å²) < 4.78 is 40.3. The van der Waals surface area contributed by atoms with Crippen LogP contribution in [0.4, 0.5) is 4.39 Å². The molecule has 1 N–H and O–H groups in total. The first-order valence-electron chi connectivity index (χ1n) is 7.17. The molecule has 8 heteroatoms. The van der Waals surface area contributed by atoms with Crippen molar-refractivity contribution in [2.24, 2.45) is 0 Å². The van der Waals surface area contributed by atoms with Crippen molar-refractivity contribution >= 4 is 10.0 Å². The van der Waals surface area contributed by atoms with E-state index in [1.807, 2.05) is 13.8 Å². The molecular formula is C15H21FN4O2S. The van der Waals surface area contributed by atoms with Gasteiger partial charge in [0.05, 0.1) is 24.0 Å². The quantitative estimate of drug-likeness (QED) is 0.904. The minimum absolute atomic E-state index is 0.147. The summed E-state index contributed by atoms with van der Waals surface area (Å²) in [4.78, 5) is 0. The van der Waals surface area contributed by atoms with Crippen LogP contribution in [0.3, 0.4) is 0 Å². The van der Waals surface area contributed by atoms with E-state index in [4.69, 9.17) is 0 Å². The van der Waals surface area contributed by atoms with Gasteiger partial charge in [0.2, 0.25) is 10.0 Å². The van der Waals surface area contributed by atoms with E-state index in [9.17, 15) is 12.8 Å². The van der Waals surface area contributed by atoms with Gasteiger partial charge in [-0.05, 0) is 51.0 Å². The summed E-state index contributed by atoms with van der Waals surface area (Å²) in [7, 11) is -3.37. The molecule has 6 nitrogen and oxygen atoms in total. The van der Waals surface area contributed by atoms with Gasteiger partial charge in [0.1, 0.15) is 11.5 Å². The molecule has 0 aliphatic heterocycles. The molecule has 1 heterocycles. The number of nitrogens with zero attached hydrogens (tertiary/aromatic N) is 3. The van der Waals surface area contributed by atoms with Crippen LogP contribution in [0, 0.1) is 12.7 Å². The normalized spacial score (nSPS) is 14.0. The second-order valence-electron chi connectivity index (χ2n) is 6.26. The lowest BCUT2D eigenvalue weighted by molar-refractivity contribution is 0.462. The highest BCUT2D eigenvalue weighted by molar-refractivity contribution is 7.88. The molecule has 0 saturated heterocycles. The molecule has 0 spiro atoms. The number of sulfonamides is 1. The third-order valence-corrected chi connectivity index (χ3v) is 4.55. The lowest BCUT2D eigenvalue weighted by Crippen LogP contribution is -2.40.